The summed E-state index contributed by atoms with van der Waals surface area (Å²) in [7, 11) is 0. The van der Waals surface area contributed by atoms with Gasteiger partial charge in [-0.1, -0.05) is 20.8 Å². The largest absolute Gasteiger partial charge is 0.448 e. The van der Waals surface area contributed by atoms with Gasteiger partial charge < -0.3 is 9.40 Å². The van der Waals surface area contributed by atoms with E-state index in [0.29, 0.717) is 28.7 Å². The van der Waals surface area contributed by atoms with E-state index in [1.165, 1.54) is 11.3 Å². The molecule has 0 aromatic carbocycles. The standard InChI is InChI=1S/C15H17N3O2S/c1-4-5-11-16-10(6-20-11)13-17-14(19)12-9(8(2)3)7-21-15(12)18-13/h6-8H,4-5H2,1-3H3,(H,17,18,19). The summed E-state index contributed by atoms with van der Waals surface area (Å²) in [5.74, 6) is 1.44. The van der Waals surface area contributed by atoms with Crippen molar-refractivity contribution < 1.29 is 4.42 Å². The van der Waals surface area contributed by atoms with Crippen molar-refractivity contribution in [2.75, 3.05) is 0 Å². The summed E-state index contributed by atoms with van der Waals surface area (Å²) in [5, 5.41) is 2.70. The van der Waals surface area contributed by atoms with Crippen molar-refractivity contribution in [3.8, 4) is 11.5 Å². The molecule has 0 radical (unpaired) electrons. The van der Waals surface area contributed by atoms with Gasteiger partial charge in [-0.15, -0.1) is 11.3 Å². The highest BCUT2D eigenvalue weighted by atomic mass is 32.1. The summed E-state index contributed by atoms with van der Waals surface area (Å²) in [6, 6.07) is 0. The van der Waals surface area contributed by atoms with E-state index in [0.717, 1.165) is 23.2 Å². The van der Waals surface area contributed by atoms with Gasteiger partial charge in [0, 0.05) is 6.42 Å². The summed E-state index contributed by atoms with van der Waals surface area (Å²) in [5.41, 5.74) is 1.51. The highest BCUT2D eigenvalue weighted by Gasteiger charge is 2.15. The first-order valence-corrected chi connectivity index (χ1v) is 7.94. The first-order valence-electron chi connectivity index (χ1n) is 7.06. The van der Waals surface area contributed by atoms with Gasteiger partial charge in [-0.25, -0.2) is 9.97 Å². The average Bonchev–Trinajstić information content (AvgIpc) is 3.05. The van der Waals surface area contributed by atoms with E-state index in [2.05, 4.69) is 35.7 Å². The van der Waals surface area contributed by atoms with Gasteiger partial charge in [0.1, 0.15) is 16.8 Å². The molecule has 1 N–H and O–H groups in total. The molecule has 5 nitrogen and oxygen atoms in total. The quantitative estimate of drug-likeness (QED) is 0.797. The summed E-state index contributed by atoms with van der Waals surface area (Å²) >= 11 is 1.49. The number of rotatable bonds is 4. The topological polar surface area (TPSA) is 71.8 Å². The monoisotopic (exact) mass is 303 g/mol. The molecule has 0 aliphatic rings. The van der Waals surface area contributed by atoms with Crippen molar-refractivity contribution in [1.82, 2.24) is 15.0 Å². The Morgan fingerprint density at radius 3 is 2.90 bits per heavy atom. The molecule has 21 heavy (non-hydrogen) atoms. The van der Waals surface area contributed by atoms with Crippen LogP contribution in [-0.4, -0.2) is 15.0 Å². The number of aryl methyl sites for hydroxylation is 1. The van der Waals surface area contributed by atoms with Gasteiger partial charge in [-0.05, 0) is 23.3 Å². The lowest BCUT2D eigenvalue weighted by Gasteiger charge is -2.02. The van der Waals surface area contributed by atoms with Gasteiger partial charge in [0.2, 0.25) is 0 Å². The lowest BCUT2D eigenvalue weighted by Crippen LogP contribution is -2.10. The number of H-pyrrole nitrogens is 1. The van der Waals surface area contributed by atoms with Crippen molar-refractivity contribution in [2.45, 2.75) is 39.5 Å². The molecule has 110 valence electrons. The SMILES string of the molecule is CCCc1nc(-c2nc3scc(C(C)C)c3c(=O)[nH]2)co1. The molecule has 3 aromatic rings. The van der Waals surface area contributed by atoms with Crippen LogP contribution in [-0.2, 0) is 6.42 Å². The van der Waals surface area contributed by atoms with Crippen LogP contribution in [0.15, 0.2) is 20.9 Å². The number of fused-ring (bicyclic) bond motifs is 1. The molecular weight excluding hydrogens is 286 g/mol. The number of thiophene rings is 1. The van der Waals surface area contributed by atoms with E-state index < -0.39 is 0 Å². The molecule has 0 unspecified atom stereocenters. The summed E-state index contributed by atoms with van der Waals surface area (Å²) in [4.78, 5) is 24.8. The summed E-state index contributed by atoms with van der Waals surface area (Å²) in [6.45, 7) is 6.21. The second-order valence-electron chi connectivity index (χ2n) is 5.32. The van der Waals surface area contributed by atoms with Crippen LogP contribution in [0.25, 0.3) is 21.7 Å². The average molecular weight is 303 g/mol. The number of hydrogen-bond donors (Lipinski definition) is 1. The first-order chi connectivity index (χ1) is 10.1. The normalized spacial score (nSPS) is 11.6. The molecule has 0 fully saturated rings. The van der Waals surface area contributed by atoms with E-state index in [4.69, 9.17) is 4.42 Å². The van der Waals surface area contributed by atoms with Crippen LogP contribution in [0, 0.1) is 0 Å². The van der Waals surface area contributed by atoms with Gasteiger partial charge in [0.05, 0.1) is 5.39 Å². The van der Waals surface area contributed by atoms with Crippen LogP contribution < -0.4 is 5.56 Å². The molecule has 0 saturated carbocycles. The number of aromatic amines is 1. The fraction of sp³-hybridized carbons (Fsp3) is 0.400. The molecule has 0 saturated heterocycles. The summed E-state index contributed by atoms with van der Waals surface area (Å²) < 4.78 is 5.39. The molecule has 3 aromatic heterocycles. The second kappa shape index (κ2) is 5.44. The minimum Gasteiger partial charge on any atom is -0.448 e. The number of nitrogens with one attached hydrogen (secondary N) is 1. The van der Waals surface area contributed by atoms with Crippen LogP contribution in [0.5, 0.6) is 0 Å². The predicted molar refractivity (Wildman–Crippen MR) is 83.8 cm³/mol. The molecule has 0 bridgehead atoms. The zero-order chi connectivity index (χ0) is 15.0. The Hall–Kier alpha value is -1.95. The molecule has 3 rings (SSSR count). The maximum absolute atomic E-state index is 12.3. The Labute approximate surface area is 126 Å². The lowest BCUT2D eigenvalue weighted by molar-refractivity contribution is 0.491. The van der Waals surface area contributed by atoms with Crippen LogP contribution in [0.4, 0.5) is 0 Å². The zero-order valence-corrected chi connectivity index (χ0v) is 13.1. The molecule has 0 spiro atoms. The van der Waals surface area contributed by atoms with E-state index in [1.807, 2.05) is 5.38 Å². The maximum Gasteiger partial charge on any atom is 0.260 e. The minimum atomic E-state index is -0.111. The lowest BCUT2D eigenvalue weighted by atomic mass is 10.0. The van der Waals surface area contributed by atoms with Gasteiger partial charge in [-0.3, -0.25) is 4.79 Å². The second-order valence-corrected chi connectivity index (χ2v) is 6.18. The van der Waals surface area contributed by atoms with Crippen LogP contribution in [0.2, 0.25) is 0 Å². The summed E-state index contributed by atoms with van der Waals surface area (Å²) in [6.07, 6.45) is 3.29. The van der Waals surface area contributed by atoms with Crippen molar-refractivity contribution in [1.29, 1.82) is 0 Å². The van der Waals surface area contributed by atoms with Crippen LogP contribution >= 0.6 is 11.3 Å². The van der Waals surface area contributed by atoms with E-state index in [1.54, 1.807) is 6.26 Å². The third-order valence-corrected chi connectivity index (χ3v) is 4.24. The predicted octanol–water partition coefficient (Wildman–Crippen LogP) is 3.72. The van der Waals surface area contributed by atoms with Crippen LogP contribution in [0.1, 0.15) is 44.6 Å². The van der Waals surface area contributed by atoms with Crippen molar-refractivity contribution >= 4 is 21.6 Å². The number of hydrogen-bond acceptors (Lipinski definition) is 5. The Morgan fingerprint density at radius 1 is 1.38 bits per heavy atom. The smallest absolute Gasteiger partial charge is 0.260 e. The molecule has 0 atom stereocenters. The first kappa shape index (κ1) is 14.0. The van der Waals surface area contributed by atoms with Gasteiger partial charge >= 0.3 is 0 Å². The highest BCUT2D eigenvalue weighted by molar-refractivity contribution is 7.16. The minimum absolute atomic E-state index is 0.111. The fourth-order valence-corrected chi connectivity index (χ4v) is 3.37. The molecule has 0 aliphatic heterocycles. The van der Waals surface area contributed by atoms with E-state index >= 15 is 0 Å². The fourth-order valence-electron chi connectivity index (χ4n) is 2.27. The Balaban J connectivity index is 2.10. The van der Waals surface area contributed by atoms with Gasteiger partial charge in [0.15, 0.2) is 11.7 Å². The third kappa shape index (κ3) is 2.51. The maximum atomic E-state index is 12.3. The molecule has 0 aliphatic carbocycles. The van der Waals surface area contributed by atoms with E-state index in [9.17, 15) is 4.79 Å². The Bertz CT molecular complexity index is 829. The van der Waals surface area contributed by atoms with Crippen LogP contribution in [0.3, 0.4) is 0 Å². The number of nitrogens with zero attached hydrogens (tertiary/aromatic N) is 2. The number of oxazole rings is 1. The molecular formula is C15H17N3O2S. The van der Waals surface area contributed by atoms with Gasteiger partial charge in [-0.2, -0.15) is 0 Å². The highest BCUT2D eigenvalue weighted by Crippen LogP contribution is 2.28. The Kier molecular flexibility index (Phi) is 3.63. The Morgan fingerprint density at radius 2 is 2.19 bits per heavy atom. The molecule has 6 heteroatoms. The van der Waals surface area contributed by atoms with Crippen molar-refractivity contribution in [3.63, 3.8) is 0 Å². The third-order valence-electron chi connectivity index (χ3n) is 3.35. The number of aromatic nitrogens is 3. The van der Waals surface area contributed by atoms with Crippen molar-refractivity contribution in [3.05, 3.63) is 33.5 Å². The molecule has 0 amide bonds. The van der Waals surface area contributed by atoms with Gasteiger partial charge in [0.25, 0.3) is 5.56 Å². The zero-order valence-electron chi connectivity index (χ0n) is 12.3. The van der Waals surface area contributed by atoms with E-state index in [-0.39, 0.29) is 5.56 Å². The molecule has 3 heterocycles. The van der Waals surface area contributed by atoms with Crippen molar-refractivity contribution in [2.24, 2.45) is 0 Å².